The first-order chi connectivity index (χ1) is 15.5. The lowest BCUT2D eigenvalue weighted by Gasteiger charge is -2.10. The largest absolute Gasteiger partial charge is 0.478 e. The monoisotopic (exact) mass is 428 g/mol. The van der Waals surface area contributed by atoms with Crippen LogP contribution in [0.25, 0.3) is 21.8 Å². The molecule has 0 saturated carbocycles. The van der Waals surface area contributed by atoms with Crippen LogP contribution in [0, 0.1) is 6.92 Å². The van der Waals surface area contributed by atoms with Gasteiger partial charge in [-0.3, -0.25) is 4.99 Å². The molecule has 3 aromatic carbocycles. The van der Waals surface area contributed by atoms with Gasteiger partial charge in [0.2, 0.25) is 0 Å². The average molecular weight is 429 g/mol. The lowest BCUT2D eigenvalue weighted by atomic mass is 10.0. The van der Waals surface area contributed by atoms with Gasteiger partial charge >= 0.3 is 5.97 Å². The van der Waals surface area contributed by atoms with Gasteiger partial charge in [0.25, 0.3) is 0 Å². The van der Waals surface area contributed by atoms with Gasteiger partial charge in [-0.15, -0.1) is 0 Å². The molecular weight excluding hydrogens is 400 g/mol. The molecule has 1 aromatic heterocycles. The SMILES string of the molecule is CCn1c2ccccc2c2cc(C(CCCOC)=Nc3cc(C(=O)O)ccc3C)ccc21. The maximum absolute atomic E-state index is 11.5. The molecule has 4 rings (SSSR count). The number of hydrogen-bond acceptors (Lipinski definition) is 3. The summed E-state index contributed by atoms with van der Waals surface area (Å²) in [5.74, 6) is -0.948. The van der Waals surface area contributed by atoms with Crippen molar-refractivity contribution in [2.75, 3.05) is 13.7 Å². The standard InChI is InChI=1S/C27H28N2O3/c1-4-29-25-10-6-5-8-21(25)22-16-19(13-14-26(22)29)23(9-7-15-32-3)28-24-17-20(27(30)31)12-11-18(24)2/h5-6,8,10-14,16-17H,4,7,9,15H2,1-3H3,(H,30,31). The Kier molecular flexibility index (Phi) is 6.37. The van der Waals surface area contributed by atoms with E-state index < -0.39 is 5.97 Å². The van der Waals surface area contributed by atoms with Crippen molar-refractivity contribution in [3.63, 3.8) is 0 Å². The highest BCUT2D eigenvalue weighted by molar-refractivity contribution is 6.12. The molecular formula is C27H28N2O3. The van der Waals surface area contributed by atoms with E-state index >= 15 is 0 Å². The van der Waals surface area contributed by atoms with E-state index in [-0.39, 0.29) is 5.56 Å². The number of hydrogen-bond donors (Lipinski definition) is 1. The van der Waals surface area contributed by atoms with Crippen LogP contribution in [0.5, 0.6) is 0 Å². The molecule has 0 aliphatic carbocycles. The molecule has 0 spiro atoms. The number of aromatic carboxylic acids is 1. The Hall–Kier alpha value is -3.44. The number of fused-ring (bicyclic) bond motifs is 3. The van der Waals surface area contributed by atoms with Crippen molar-refractivity contribution < 1.29 is 14.6 Å². The first-order valence-electron chi connectivity index (χ1n) is 10.9. The Morgan fingerprint density at radius 1 is 1.00 bits per heavy atom. The molecule has 5 heteroatoms. The second-order valence-electron chi connectivity index (χ2n) is 7.95. The minimum atomic E-state index is -0.948. The number of methoxy groups -OCH3 is 1. The number of para-hydroxylation sites is 1. The summed E-state index contributed by atoms with van der Waals surface area (Å²) in [6.07, 6.45) is 1.57. The molecule has 0 aliphatic rings. The summed E-state index contributed by atoms with van der Waals surface area (Å²) < 4.78 is 7.59. The van der Waals surface area contributed by atoms with Crippen LogP contribution in [0.3, 0.4) is 0 Å². The Morgan fingerprint density at radius 2 is 1.75 bits per heavy atom. The number of aliphatic imine (C=N–C) groups is 1. The number of aryl methyl sites for hydroxylation is 2. The Balaban J connectivity index is 1.87. The van der Waals surface area contributed by atoms with Crippen LogP contribution >= 0.6 is 0 Å². The second-order valence-corrected chi connectivity index (χ2v) is 7.95. The molecule has 0 fully saturated rings. The molecule has 0 amide bonds. The normalized spacial score (nSPS) is 12.0. The lowest BCUT2D eigenvalue weighted by Crippen LogP contribution is -2.04. The fourth-order valence-electron chi connectivity index (χ4n) is 4.23. The van der Waals surface area contributed by atoms with Crippen molar-refractivity contribution in [1.29, 1.82) is 0 Å². The first-order valence-corrected chi connectivity index (χ1v) is 10.9. The van der Waals surface area contributed by atoms with Crippen LogP contribution in [-0.4, -0.2) is 35.1 Å². The molecule has 4 aromatic rings. The minimum Gasteiger partial charge on any atom is -0.478 e. The van der Waals surface area contributed by atoms with Crippen molar-refractivity contribution in [2.45, 2.75) is 33.2 Å². The smallest absolute Gasteiger partial charge is 0.335 e. The van der Waals surface area contributed by atoms with Gasteiger partial charge in [-0.1, -0.05) is 30.3 Å². The average Bonchev–Trinajstić information content (AvgIpc) is 3.12. The quantitative estimate of drug-likeness (QED) is 0.262. The summed E-state index contributed by atoms with van der Waals surface area (Å²) in [4.78, 5) is 16.4. The number of rotatable bonds is 8. The van der Waals surface area contributed by atoms with Gasteiger partial charge in [0.15, 0.2) is 0 Å². The highest BCUT2D eigenvalue weighted by Crippen LogP contribution is 2.31. The molecule has 0 saturated heterocycles. The number of aromatic nitrogens is 1. The summed E-state index contributed by atoms with van der Waals surface area (Å²) >= 11 is 0. The van der Waals surface area contributed by atoms with Crippen molar-refractivity contribution in [2.24, 2.45) is 4.99 Å². The number of carboxylic acid groups (broad SMARTS) is 1. The van der Waals surface area contributed by atoms with Crippen molar-refractivity contribution in [3.8, 4) is 0 Å². The van der Waals surface area contributed by atoms with E-state index in [0.717, 1.165) is 36.2 Å². The van der Waals surface area contributed by atoms with E-state index in [9.17, 15) is 9.90 Å². The highest BCUT2D eigenvalue weighted by Gasteiger charge is 2.13. The molecule has 1 N–H and O–H groups in total. The van der Waals surface area contributed by atoms with E-state index in [1.165, 1.54) is 21.8 Å². The fraction of sp³-hybridized carbons (Fsp3) is 0.259. The molecule has 0 aliphatic heterocycles. The Morgan fingerprint density at radius 3 is 2.50 bits per heavy atom. The van der Waals surface area contributed by atoms with E-state index in [1.807, 2.05) is 13.0 Å². The molecule has 0 atom stereocenters. The van der Waals surface area contributed by atoms with Gasteiger partial charge in [0.1, 0.15) is 0 Å². The van der Waals surface area contributed by atoms with Crippen LogP contribution in [0.1, 0.15) is 41.3 Å². The summed E-state index contributed by atoms with van der Waals surface area (Å²) in [6, 6.07) is 20.0. The lowest BCUT2D eigenvalue weighted by molar-refractivity contribution is 0.0697. The van der Waals surface area contributed by atoms with Gasteiger partial charge in [-0.25, -0.2) is 4.79 Å². The third kappa shape index (κ3) is 4.16. The number of carbonyl (C=O) groups is 1. The Bertz CT molecular complexity index is 1320. The molecule has 0 unspecified atom stereocenters. The predicted octanol–water partition coefficient (Wildman–Crippen LogP) is 6.37. The number of carboxylic acids is 1. The van der Waals surface area contributed by atoms with Gasteiger partial charge in [0, 0.05) is 47.8 Å². The maximum Gasteiger partial charge on any atom is 0.335 e. The van der Waals surface area contributed by atoms with Crippen LogP contribution in [0.4, 0.5) is 5.69 Å². The summed E-state index contributed by atoms with van der Waals surface area (Å²) in [5, 5.41) is 11.8. The van der Waals surface area contributed by atoms with Crippen LogP contribution in [-0.2, 0) is 11.3 Å². The summed E-state index contributed by atoms with van der Waals surface area (Å²) in [5.41, 5.74) is 6.29. The predicted molar refractivity (Wildman–Crippen MR) is 131 cm³/mol. The minimum absolute atomic E-state index is 0.243. The van der Waals surface area contributed by atoms with Gasteiger partial charge < -0.3 is 14.4 Å². The number of nitrogens with zero attached hydrogens (tertiary/aromatic N) is 2. The number of ether oxygens (including phenoxy) is 1. The van der Waals surface area contributed by atoms with Crippen molar-refractivity contribution in [3.05, 3.63) is 77.4 Å². The van der Waals surface area contributed by atoms with Gasteiger partial charge in [-0.05, 0) is 68.1 Å². The zero-order chi connectivity index (χ0) is 22.7. The van der Waals surface area contributed by atoms with Crippen LogP contribution in [0.15, 0.2) is 65.7 Å². The molecule has 164 valence electrons. The molecule has 5 nitrogen and oxygen atoms in total. The number of benzene rings is 3. The Labute approximate surface area is 188 Å². The first kappa shape index (κ1) is 21.8. The third-order valence-electron chi connectivity index (χ3n) is 5.90. The van der Waals surface area contributed by atoms with Crippen molar-refractivity contribution in [1.82, 2.24) is 4.57 Å². The molecule has 1 heterocycles. The topological polar surface area (TPSA) is 63.8 Å². The third-order valence-corrected chi connectivity index (χ3v) is 5.90. The van der Waals surface area contributed by atoms with E-state index in [4.69, 9.17) is 9.73 Å². The summed E-state index contributed by atoms with van der Waals surface area (Å²) in [7, 11) is 1.70. The van der Waals surface area contributed by atoms with E-state index in [1.54, 1.807) is 19.2 Å². The van der Waals surface area contributed by atoms with E-state index in [0.29, 0.717) is 12.3 Å². The maximum atomic E-state index is 11.5. The highest BCUT2D eigenvalue weighted by atomic mass is 16.5. The van der Waals surface area contributed by atoms with E-state index in [2.05, 4.69) is 54.0 Å². The molecule has 32 heavy (non-hydrogen) atoms. The van der Waals surface area contributed by atoms with Gasteiger partial charge in [-0.2, -0.15) is 0 Å². The fourth-order valence-corrected chi connectivity index (χ4v) is 4.23. The van der Waals surface area contributed by atoms with Crippen LogP contribution < -0.4 is 0 Å². The summed E-state index contributed by atoms with van der Waals surface area (Å²) in [6.45, 7) is 5.66. The zero-order valence-electron chi connectivity index (χ0n) is 18.8. The zero-order valence-corrected chi connectivity index (χ0v) is 18.8. The van der Waals surface area contributed by atoms with Crippen molar-refractivity contribution >= 4 is 39.2 Å². The second kappa shape index (κ2) is 9.37. The molecule has 0 radical (unpaired) electrons. The molecule has 0 bridgehead atoms. The van der Waals surface area contributed by atoms with Crippen LogP contribution in [0.2, 0.25) is 0 Å². The van der Waals surface area contributed by atoms with Gasteiger partial charge in [0.05, 0.1) is 11.3 Å².